The van der Waals surface area contributed by atoms with E-state index in [1.54, 1.807) is 16.8 Å². The van der Waals surface area contributed by atoms with Crippen LogP contribution in [0.4, 0.5) is 0 Å². The van der Waals surface area contributed by atoms with Crippen LogP contribution in [0.5, 0.6) is 5.75 Å². The van der Waals surface area contributed by atoms with E-state index in [1.165, 1.54) is 0 Å². The van der Waals surface area contributed by atoms with Crippen LogP contribution < -0.4 is 4.74 Å². The summed E-state index contributed by atoms with van der Waals surface area (Å²) in [5.74, 6) is 0.952. The Labute approximate surface area is 183 Å². The van der Waals surface area contributed by atoms with Crippen molar-refractivity contribution >= 4 is 28.5 Å². The highest BCUT2D eigenvalue weighted by Crippen LogP contribution is 2.27. The number of carbonyl (C=O) groups is 1. The van der Waals surface area contributed by atoms with Gasteiger partial charge in [-0.25, -0.2) is 4.68 Å². The number of likely N-dealkylation sites (tertiary alicyclic amines) is 1. The van der Waals surface area contributed by atoms with E-state index < -0.39 is 0 Å². The minimum Gasteiger partial charge on any atom is -0.487 e. The summed E-state index contributed by atoms with van der Waals surface area (Å²) in [7, 11) is 0. The highest BCUT2D eigenvalue weighted by Gasteiger charge is 2.29. The molecular weight excluding hydrogens is 416 g/mol. The Morgan fingerprint density at radius 1 is 1.19 bits per heavy atom. The average molecular weight is 437 g/mol. The Bertz CT molecular complexity index is 1220. The van der Waals surface area contributed by atoms with E-state index in [0.717, 1.165) is 28.8 Å². The van der Waals surface area contributed by atoms with Crippen LogP contribution in [0, 0.1) is 0 Å². The lowest BCUT2D eigenvalue weighted by Gasteiger charge is -2.16. The SMILES string of the molecule is O=C(Cn1nnc2ccccc21)N1CC[C@@H](c2cc(COc3cccc(Cl)c3)[nH]n2)C1. The van der Waals surface area contributed by atoms with Gasteiger partial charge in [0.25, 0.3) is 0 Å². The number of aromatic nitrogens is 5. The number of hydrogen-bond acceptors (Lipinski definition) is 5. The van der Waals surface area contributed by atoms with Crippen LogP contribution in [0.3, 0.4) is 0 Å². The third-order valence-corrected chi connectivity index (χ3v) is 5.74. The van der Waals surface area contributed by atoms with Crippen molar-refractivity contribution in [3.8, 4) is 5.75 Å². The first kappa shape index (κ1) is 19.6. The number of nitrogens with one attached hydrogen (secondary N) is 1. The van der Waals surface area contributed by atoms with Crippen molar-refractivity contribution in [2.24, 2.45) is 0 Å². The summed E-state index contributed by atoms with van der Waals surface area (Å²) in [6, 6.07) is 16.9. The Hall–Kier alpha value is -3.39. The second-order valence-electron chi connectivity index (χ2n) is 7.63. The second-order valence-corrected chi connectivity index (χ2v) is 8.06. The maximum Gasteiger partial charge on any atom is 0.244 e. The van der Waals surface area contributed by atoms with Gasteiger partial charge in [0, 0.05) is 24.0 Å². The molecule has 0 bridgehead atoms. The third kappa shape index (κ3) is 4.25. The molecular formula is C22H21ClN6O2. The largest absolute Gasteiger partial charge is 0.487 e. The standard InChI is InChI=1S/C22H21ClN6O2/c23-16-4-3-5-18(10-16)31-14-17-11-20(25-24-17)15-8-9-28(12-15)22(30)13-29-21-7-2-1-6-19(21)26-27-29/h1-7,10-11,15H,8-9,12-14H2,(H,24,25)/t15-/m1/s1. The van der Waals surface area contributed by atoms with Gasteiger partial charge in [0.2, 0.25) is 5.91 Å². The quantitative estimate of drug-likeness (QED) is 0.500. The minimum atomic E-state index is 0.0400. The normalized spacial score (nSPS) is 16.2. The van der Waals surface area contributed by atoms with Crippen LogP contribution in [0.2, 0.25) is 5.02 Å². The van der Waals surface area contributed by atoms with Crippen LogP contribution in [-0.2, 0) is 17.9 Å². The van der Waals surface area contributed by atoms with E-state index >= 15 is 0 Å². The number of carbonyl (C=O) groups excluding carboxylic acids is 1. The van der Waals surface area contributed by atoms with Gasteiger partial charge in [-0.2, -0.15) is 5.10 Å². The topological polar surface area (TPSA) is 88.9 Å². The van der Waals surface area contributed by atoms with Crippen molar-refractivity contribution in [3.05, 3.63) is 71.0 Å². The van der Waals surface area contributed by atoms with Gasteiger partial charge in [0.05, 0.1) is 16.9 Å². The first-order valence-electron chi connectivity index (χ1n) is 10.1. The number of rotatable bonds is 6. The van der Waals surface area contributed by atoms with Crippen molar-refractivity contribution in [2.75, 3.05) is 13.1 Å². The van der Waals surface area contributed by atoms with Crippen molar-refractivity contribution in [3.63, 3.8) is 0 Å². The summed E-state index contributed by atoms with van der Waals surface area (Å²) in [5, 5.41) is 16.3. The molecule has 0 unspecified atom stereocenters. The molecule has 5 rings (SSSR count). The fraction of sp³-hybridized carbons (Fsp3) is 0.273. The molecule has 1 aliphatic rings. The molecule has 1 saturated heterocycles. The van der Waals surface area contributed by atoms with E-state index in [-0.39, 0.29) is 18.4 Å². The Kier molecular flexibility index (Phi) is 5.30. The van der Waals surface area contributed by atoms with E-state index in [0.29, 0.717) is 30.5 Å². The number of ether oxygens (including phenoxy) is 1. The molecule has 1 amide bonds. The second kappa shape index (κ2) is 8.39. The van der Waals surface area contributed by atoms with Crippen molar-refractivity contribution in [1.29, 1.82) is 0 Å². The van der Waals surface area contributed by atoms with Gasteiger partial charge in [-0.3, -0.25) is 9.89 Å². The smallest absolute Gasteiger partial charge is 0.244 e. The lowest BCUT2D eigenvalue weighted by Crippen LogP contribution is -2.32. The molecule has 1 N–H and O–H groups in total. The molecule has 1 aliphatic heterocycles. The summed E-state index contributed by atoms with van der Waals surface area (Å²) >= 11 is 5.99. The molecule has 3 heterocycles. The first-order chi connectivity index (χ1) is 15.2. The fourth-order valence-corrected chi connectivity index (χ4v) is 4.05. The zero-order valence-electron chi connectivity index (χ0n) is 16.7. The molecule has 0 saturated carbocycles. The van der Waals surface area contributed by atoms with E-state index in [1.807, 2.05) is 47.4 Å². The van der Waals surface area contributed by atoms with Crippen molar-refractivity contribution in [2.45, 2.75) is 25.5 Å². The molecule has 8 nitrogen and oxygen atoms in total. The van der Waals surface area contributed by atoms with Crippen LogP contribution in [0.1, 0.15) is 23.7 Å². The molecule has 31 heavy (non-hydrogen) atoms. The van der Waals surface area contributed by atoms with Gasteiger partial charge in [0.15, 0.2) is 0 Å². The molecule has 4 aromatic rings. The summed E-state index contributed by atoms with van der Waals surface area (Å²) in [6.07, 6.45) is 0.878. The third-order valence-electron chi connectivity index (χ3n) is 5.51. The number of amides is 1. The highest BCUT2D eigenvalue weighted by atomic mass is 35.5. The molecule has 1 atom stereocenters. The predicted molar refractivity (Wildman–Crippen MR) is 116 cm³/mol. The van der Waals surface area contributed by atoms with Gasteiger partial charge >= 0.3 is 0 Å². The summed E-state index contributed by atoms with van der Waals surface area (Å²) in [5.41, 5.74) is 3.49. The summed E-state index contributed by atoms with van der Waals surface area (Å²) < 4.78 is 7.42. The molecule has 9 heteroatoms. The number of nitrogens with zero attached hydrogens (tertiary/aromatic N) is 5. The number of fused-ring (bicyclic) bond motifs is 1. The van der Waals surface area contributed by atoms with Gasteiger partial charge in [-0.05, 0) is 42.8 Å². The fourth-order valence-electron chi connectivity index (χ4n) is 3.87. The maximum absolute atomic E-state index is 12.8. The number of H-pyrrole nitrogens is 1. The number of aromatic amines is 1. The molecule has 158 valence electrons. The first-order valence-corrected chi connectivity index (χ1v) is 10.5. The monoisotopic (exact) mass is 436 g/mol. The molecule has 0 aliphatic carbocycles. The van der Waals surface area contributed by atoms with E-state index in [9.17, 15) is 4.79 Å². The predicted octanol–water partition coefficient (Wildman–Crippen LogP) is 3.40. The van der Waals surface area contributed by atoms with Gasteiger partial charge < -0.3 is 9.64 Å². The molecule has 0 radical (unpaired) electrons. The summed E-state index contributed by atoms with van der Waals surface area (Å²) in [4.78, 5) is 14.7. The average Bonchev–Trinajstić information content (AvgIpc) is 3.52. The summed E-state index contributed by atoms with van der Waals surface area (Å²) in [6.45, 7) is 1.91. The maximum atomic E-state index is 12.8. The van der Waals surface area contributed by atoms with Crippen LogP contribution >= 0.6 is 11.6 Å². The Balaban J connectivity index is 1.18. The molecule has 2 aromatic carbocycles. The lowest BCUT2D eigenvalue weighted by atomic mass is 10.1. The van der Waals surface area contributed by atoms with Crippen LogP contribution in [0.15, 0.2) is 54.6 Å². The van der Waals surface area contributed by atoms with Gasteiger partial charge in [0.1, 0.15) is 24.4 Å². The van der Waals surface area contributed by atoms with Gasteiger partial charge in [-0.1, -0.05) is 35.0 Å². The molecule has 0 spiro atoms. The molecule has 1 fully saturated rings. The molecule has 2 aromatic heterocycles. The number of para-hydroxylation sites is 1. The van der Waals surface area contributed by atoms with Crippen molar-refractivity contribution < 1.29 is 9.53 Å². The van der Waals surface area contributed by atoms with Gasteiger partial charge in [-0.15, -0.1) is 5.10 Å². The van der Waals surface area contributed by atoms with Crippen LogP contribution in [-0.4, -0.2) is 49.1 Å². The minimum absolute atomic E-state index is 0.0400. The van der Waals surface area contributed by atoms with E-state index in [2.05, 4.69) is 20.5 Å². The zero-order valence-corrected chi connectivity index (χ0v) is 17.5. The van der Waals surface area contributed by atoms with E-state index in [4.69, 9.17) is 16.3 Å². The number of benzene rings is 2. The Morgan fingerprint density at radius 2 is 2.10 bits per heavy atom. The highest BCUT2D eigenvalue weighted by molar-refractivity contribution is 6.30. The number of halogens is 1. The van der Waals surface area contributed by atoms with Crippen LogP contribution in [0.25, 0.3) is 11.0 Å². The number of hydrogen-bond donors (Lipinski definition) is 1. The lowest BCUT2D eigenvalue weighted by molar-refractivity contribution is -0.130. The Morgan fingerprint density at radius 3 is 3.00 bits per heavy atom. The van der Waals surface area contributed by atoms with Crippen molar-refractivity contribution in [1.82, 2.24) is 30.1 Å². The zero-order chi connectivity index (χ0) is 21.2.